The zero-order chi connectivity index (χ0) is 15.4. The van der Waals surface area contributed by atoms with E-state index in [1.807, 2.05) is 83.9 Å². The molecule has 0 radical (unpaired) electrons. The molecule has 1 N–H and O–H groups in total. The number of aromatic nitrogens is 1. The second kappa shape index (κ2) is 6.54. The summed E-state index contributed by atoms with van der Waals surface area (Å²) in [5.41, 5.74) is 2.48. The smallest absolute Gasteiger partial charge is 0.255 e. The van der Waals surface area contributed by atoms with Crippen molar-refractivity contribution in [2.24, 2.45) is 0 Å². The minimum atomic E-state index is -0.101. The molecule has 3 nitrogen and oxygen atoms in total. The third-order valence-electron chi connectivity index (χ3n) is 3.38. The lowest BCUT2D eigenvalue weighted by atomic mass is 10.2. The number of hydrogen-bond donors (Lipinski definition) is 1. The van der Waals surface area contributed by atoms with Crippen LogP contribution in [0.25, 0.3) is 5.69 Å². The maximum Gasteiger partial charge on any atom is 0.255 e. The number of thioether (sulfide) groups is 1. The summed E-state index contributed by atoms with van der Waals surface area (Å²) < 4.78 is 2.00. The fraction of sp³-hybridized carbons (Fsp3) is 0.0556. The first-order valence-corrected chi connectivity index (χ1v) is 8.17. The van der Waals surface area contributed by atoms with Crippen LogP contribution in [-0.2, 0) is 0 Å². The van der Waals surface area contributed by atoms with Gasteiger partial charge >= 0.3 is 0 Å². The van der Waals surface area contributed by atoms with Crippen molar-refractivity contribution >= 4 is 23.4 Å². The average Bonchev–Trinajstić information content (AvgIpc) is 3.10. The Labute approximate surface area is 134 Å². The predicted molar refractivity (Wildman–Crippen MR) is 91.9 cm³/mol. The van der Waals surface area contributed by atoms with E-state index in [0.29, 0.717) is 5.56 Å². The van der Waals surface area contributed by atoms with Crippen LogP contribution in [0.2, 0.25) is 0 Å². The van der Waals surface area contributed by atoms with Crippen LogP contribution in [-0.4, -0.2) is 16.7 Å². The summed E-state index contributed by atoms with van der Waals surface area (Å²) in [6.07, 6.45) is 5.98. The van der Waals surface area contributed by atoms with Crippen molar-refractivity contribution in [3.63, 3.8) is 0 Å². The van der Waals surface area contributed by atoms with Gasteiger partial charge in [-0.05, 0) is 66.9 Å². The zero-order valence-corrected chi connectivity index (χ0v) is 13.0. The van der Waals surface area contributed by atoms with Crippen LogP contribution in [0.5, 0.6) is 0 Å². The SMILES string of the molecule is CSc1ccc(NC(=O)c2ccc(-n3cccc3)cc2)cc1. The summed E-state index contributed by atoms with van der Waals surface area (Å²) in [7, 11) is 0. The van der Waals surface area contributed by atoms with Gasteiger partial charge in [-0.3, -0.25) is 4.79 Å². The summed E-state index contributed by atoms with van der Waals surface area (Å²) in [6.45, 7) is 0. The van der Waals surface area contributed by atoms with E-state index >= 15 is 0 Å². The molecule has 0 atom stereocenters. The highest BCUT2D eigenvalue weighted by molar-refractivity contribution is 7.98. The number of rotatable bonds is 4. The Morgan fingerprint density at radius 2 is 1.59 bits per heavy atom. The summed E-state index contributed by atoms with van der Waals surface area (Å²) >= 11 is 1.68. The van der Waals surface area contributed by atoms with Gasteiger partial charge in [-0.15, -0.1) is 11.8 Å². The first-order chi connectivity index (χ1) is 10.8. The molecule has 0 bridgehead atoms. The van der Waals surface area contributed by atoms with Crippen LogP contribution >= 0.6 is 11.8 Å². The van der Waals surface area contributed by atoms with Crippen LogP contribution in [0.15, 0.2) is 78.0 Å². The molecule has 3 rings (SSSR count). The molecule has 110 valence electrons. The van der Waals surface area contributed by atoms with Gasteiger partial charge in [-0.2, -0.15) is 0 Å². The summed E-state index contributed by atoms with van der Waals surface area (Å²) in [5, 5.41) is 2.91. The fourth-order valence-corrected chi connectivity index (χ4v) is 2.58. The molecule has 22 heavy (non-hydrogen) atoms. The van der Waals surface area contributed by atoms with Gasteiger partial charge in [0.15, 0.2) is 0 Å². The highest BCUT2D eigenvalue weighted by Gasteiger charge is 2.06. The van der Waals surface area contributed by atoms with Gasteiger partial charge in [0.25, 0.3) is 5.91 Å². The molecule has 0 aliphatic carbocycles. The van der Waals surface area contributed by atoms with Gasteiger partial charge in [0, 0.05) is 34.2 Å². The van der Waals surface area contributed by atoms with Gasteiger partial charge in [0.2, 0.25) is 0 Å². The lowest BCUT2D eigenvalue weighted by Crippen LogP contribution is -2.11. The van der Waals surface area contributed by atoms with Gasteiger partial charge in [-0.1, -0.05) is 0 Å². The van der Waals surface area contributed by atoms with Crippen LogP contribution < -0.4 is 5.32 Å². The molecule has 0 fully saturated rings. The molecule has 1 heterocycles. The van der Waals surface area contributed by atoms with Crippen LogP contribution in [0.4, 0.5) is 5.69 Å². The molecule has 1 aromatic heterocycles. The van der Waals surface area contributed by atoms with Crippen LogP contribution in [0.1, 0.15) is 10.4 Å². The Kier molecular flexibility index (Phi) is 4.30. The van der Waals surface area contributed by atoms with E-state index in [-0.39, 0.29) is 5.91 Å². The maximum absolute atomic E-state index is 12.2. The van der Waals surface area contributed by atoms with Crippen LogP contribution in [0.3, 0.4) is 0 Å². The standard InChI is InChI=1S/C18H16N2OS/c1-22-17-10-6-15(7-11-17)19-18(21)14-4-8-16(9-5-14)20-12-2-3-13-20/h2-13H,1H3,(H,19,21). The van der Waals surface area contributed by atoms with Gasteiger partial charge < -0.3 is 9.88 Å². The maximum atomic E-state index is 12.2. The molecule has 0 spiro atoms. The Morgan fingerprint density at radius 3 is 2.18 bits per heavy atom. The Balaban J connectivity index is 1.71. The lowest BCUT2D eigenvalue weighted by Gasteiger charge is -2.07. The quantitative estimate of drug-likeness (QED) is 0.722. The Hall–Kier alpha value is -2.46. The van der Waals surface area contributed by atoms with Crippen molar-refractivity contribution in [1.82, 2.24) is 4.57 Å². The number of carbonyl (C=O) groups excluding carboxylic acids is 1. The van der Waals surface area contributed by atoms with E-state index in [9.17, 15) is 4.79 Å². The molecule has 0 aliphatic heterocycles. The van der Waals surface area contributed by atoms with E-state index in [1.54, 1.807) is 11.8 Å². The van der Waals surface area contributed by atoms with Gasteiger partial charge in [0.1, 0.15) is 0 Å². The van der Waals surface area contributed by atoms with Crippen molar-refractivity contribution in [2.75, 3.05) is 11.6 Å². The Morgan fingerprint density at radius 1 is 0.955 bits per heavy atom. The molecular formula is C18H16N2OS. The number of amides is 1. The topological polar surface area (TPSA) is 34.0 Å². The lowest BCUT2D eigenvalue weighted by molar-refractivity contribution is 0.102. The normalized spacial score (nSPS) is 10.4. The number of hydrogen-bond acceptors (Lipinski definition) is 2. The summed E-state index contributed by atoms with van der Waals surface area (Å²) in [6, 6.07) is 19.3. The Bertz CT molecular complexity index is 747. The van der Waals surface area contributed by atoms with Gasteiger partial charge in [-0.25, -0.2) is 0 Å². The van der Waals surface area contributed by atoms with E-state index in [1.165, 1.54) is 4.90 Å². The second-order valence-corrected chi connectivity index (χ2v) is 5.70. The predicted octanol–water partition coefficient (Wildman–Crippen LogP) is 4.45. The third-order valence-corrected chi connectivity index (χ3v) is 4.12. The highest BCUT2D eigenvalue weighted by atomic mass is 32.2. The molecule has 0 saturated carbocycles. The molecular weight excluding hydrogens is 292 g/mol. The van der Waals surface area contributed by atoms with Crippen molar-refractivity contribution in [2.45, 2.75) is 4.90 Å². The molecule has 1 amide bonds. The average molecular weight is 308 g/mol. The number of carbonyl (C=O) groups is 1. The van der Waals surface area contributed by atoms with Crippen molar-refractivity contribution in [3.8, 4) is 5.69 Å². The fourth-order valence-electron chi connectivity index (χ4n) is 2.17. The summed E-state index contributed by atoms with van der Waals surface area (Å²) in [4.78, 5) is 13.4. The van der Waals surface area contributed by atoms with E-state index in [4.69, 9.17) is 0 Å². The van der Waals surface area contributed by atoms with Crippen molar-refractivity contribution in [1.29, 1.82) is 0 Å². The van der Waals surface area contributed by atoms with Crippen molar-refractivity contribution in [3.05, 3.63) is 78.6 Å². The molecule has 0 saturated heterocycles. The van der Waals surface area contributed by atoms with Crippen molar-refractivity contribution < 1.29 is 4.79 Å². The highest BCUT2D eigenvalue weighted by Crippen LogP contribution is 2.18. The largest absolute Gasteiger partial charge is 0.324 e. The first kappa shape index (κ1) is 14.5. The van der Waals surface area contributed by atoms with E-state index < -0.39 is 0 Å². The number of benzene rings is 2. The second-order valence-electron chi connectivity index (χ2n) is 4.82. The molecule has 3 aromatic rings. The minimum absolute atomic E-state index is 0.101. The first-order valence-electron chi connectivity index (χ1n) is 6.95. The van der Waals surface area contributed by atoms with E-state index in [2.05, 4.69) is 5.32 Å². The molecule has 0 unspecified atom stereocenters. The summed E-state index contributed by atoms with van der Waals surface area (Å²) in [5.74, 6) is -0.101. The zero-order valence-electron chi connectivity index (χ0n) is 12.2. The van der Waals surface area contributed by atoms with E-state index in [0.717, 1.165) is 11.4 Å². The number of nitrogens with zero attached hydrogens (tertiary/aromatic N) is 1. The molecule has 0 aliphatic rings. The minimum Gasteiger partial charge on any atom is -0.324 e. The number of nitrogens with one attached hydrogen (secondary N) is 1. The van der Waals surface area contributed by atoms with Gasteiger partial charge in [0.05, 0.1) is 0 Å². The number of anilines is 1. The molecule has 2 aromatic carbocycles. The monoisotopic (exact) mass is 308 g/mol. The van der Waals surface area contributed by atoms with Crippen LogP contribution in [0, 0.1) is 0 Å². The molecule has 4 heteroatoms. The third kappa shape index (κ3) is 3.23.